The molecule has 0 aliphatic carbocycles. The van der Waals surface area contributed by atoms with E-state index in [-0.39, 0.29) is 0 Å². The maximum atomic E-state index is 2.70. The third-order valence-corrected chi connectivity index (χ3v) is 45.6. The molecule has 200 valence electrons. The van der Waals surface area contributed by atoms with Crippen molar-refractivity contribution in [1.82, 2.24) is 0 Å². The Morgan fingerprint density at radius 2 is 0.415 bits per heavy atom. The second-order valence-corrected chi connectivity index (χ2v) is 32.7. The fraction of sp³-hybridized carbons (Fsp3) is 0.0526. The van der Waals surface area contributed by atoms with E-state index in [2.05, 4.69) is 195 Å². The maximum Gasteiger partial charge on any atom is 0.124 e. The molecule has 0 N–H and O–H groups in total. The van der Waals surface area contributed by atoms with Gasteiger partial charge in [-0.15, -0.1) is 0 Å². The first-order valence-electron chi connectivity index (χ1n) is 14.5. The van der Waals surface area contributed by atoms with E-state index in [4.69, 9.17) is 0 Å². The summed E-state index contributed by atoms with van der Waals surface area (Å²) in [5.74, 6) is 0. The molecule has 0 aliphatic rings. The molecule has 0 aromatic heterocycles. The SMILES string of the molecule is C[Si](c1ccccc1)(c1ccccc1)[Si](c1ccccc1)(c1ccccc1)[Si](C)(c1ccccc1)c1ccccc1. The zero-order chi connectivity index (χ0) is 28.2. The van der Waals surface area contributed by atoms with Gasteiger partial charge in [0.25, 0.3) is 0 Å². The van der Waals surface area contributed by atoms with Crippen molar-refractivity contribution in [2.75, 3.05) is 0 Å². The highest BCUT2D eigenvalue weighted by Gasteiger charge is 2.67. The van der Waals surface area contributed by atoms with Gasteiger partial charge in [-0.1, -0.05) is 226 Å². The second-order valence-electron chi connectivity index (χ2n) is 11.2. The first-order chi connectivity index (χ1) is 20.1. The molecule has 0 saturated carbocycles. The van der Waals surface area contributed by atoms with E-state index in [1.165, 1.54) is 31.1 Å². The first kappa shape index (κ1) is 27.2. The molecule has 0 amide bonds. The number of benzene rings is 6. The van der Waals surface area contributed by atoms with Crippen molar-refractivity contribution in [3.8, 4) is 0 Å². The molecule has 41 heavy (non-hydrogen) atoms. The normalized spacial score (nSPS) is 12.1. The van der Waals surface area contributed by atoms with Crippen LogP contribution in [0.4, 0.5) is 0 Å². The Kier molecular flexibility index (Phi) is 7.59. The van der Waals surface area contributed by atoms with Gasteiger partial charge in [-0.3, -0.25) is 0 Å². The van der Waals surface area contributed by atoms with Gasteiger partial charge >= 0.3 is 0 Å². The number of hydrogen-bond acceptors (Lipinski definition) is 0. The molecule has 0 bridgehead atoms. The number of rotatable bonds is 8. The molecular weight excluding hydrogens is 541 g/mol. The molecule has 0 fully saturated rings. The molecule has 0 spiro atoms. The molecular formula is C38H36Si3. The summed E-state index contributed by atoms with van der Waals surface area (Å²) in [5.41, 5.74) is 0. The molecule has 6 rings (SSSR count). The van der Waals surface area contributed by atoms with Gasteiger partial charge in [0.1, 0.15) is 22.3 Å². The monoisotopic (exact) mass is 576 g/mol. The lowest BCUT2D eigenvalue weighted by Crippen LogP contribution is -2.97. The van der Waals surface area contributed by atoms with Crippen molar-refractivity contribution in [3.63, 3.8) is 0 Å². The van der Waals surface area contributed by atoms with Crippen molar-refractivity contribution in [3.05, 3.63) is 182 Å². The van der Waals surface area contributed by atoms with E-state index in [9.17, 15) is 0 Å². The topological polar surface area (TPSA) is 0 Å². The minimum absolute atomic E-state index is 1.51. The Bertz CT molecular complexity index is 1460. The van der Waals surface area contributed by atoms with Gasteiger partial charge in [-0.05, 0) is 0 Å². The molecule has 6 aromatic carbocycles. The van der Waals surface area contributed by atoms with E-state index >= 15 is 0 Å². The predicted molar refractivity (Wildman–Crippen MR) is 185 cm³/mol. The molecule has 0 heterocycles. The third kappa shape index (κ3) is 4.32. The van der Waals surface area contributed by atoms with E-state index < -0.39 is 22.3 Å². The summed E-state index contributed by atoms with van der Waals surface area (Å²) in [7, 11) is -7.87. The van der Waals surface area contributed by atoms with E-state index in [0.29, 0.717) is 0 Å². The van der Waals surface area contributed by atoms with Crippen molar-refractivity contribution >= 4 is 53.4 Å². The number of hydrogen-bond donors (Lipinski definition) is 0. The summed E-state index contributed by atoms with van der Waals surface area (Å²) in [6, 6.07) is 69.4. The predicted octanol–water partition coefficient (Wildman–Crippen LogP) is 5.19. The van der Waals surface area contributed by atoms with Crippen LogP contribution in [0.15, 0.2) is 182 Å². The van der Waals surface area contributed by atoms with Crippen LogP contribution in [-0.4, -0.2) is 22.3 Å². The highest BCUT2D eigenvalue weighted by Crippen LogP contribution is 2.30. The third-order valence-electron chi connectivity index (χ3n) is 9.32. The van der Waals surface area contributed by atoms with E-state index in [0.717, 1.165) is 0 Å². The van der Waals surface area contributed by atoms with Gasteiger partial charge in [0, 0.05) is 0 Å². The van der Waals surface area contributed by atoms with Crippen LogP contribution in [0.2, 0.25) is 13.1 Å². The van der Waals surface area contributed by atoms with Gasteiger partial charge in [0.15, 0.2) is 0 Å². The summed E-state index contributed by atoms with van der Waals surface area (Å²) in [6.07, 6.45) is 0. The fourth-order valence-electron chi connectivity index (χ4n) is 7.48. The van der Waals surface area contributed by atoms with Crippen LogP contribution >= 0.6 is 0 Å². The van der Waals surface area contributed by atoms with Gasteiger partial charge in [0.2, 0.25) is 0 Å². The Morgan fingerprint density at radius 1 is 0.244 bits per heavy atom. The van der Waals surface area contributed by atoms with Gasteiger partial charge in [0.05, 0.1) is 0 Å². The standard InChI is InChI=1S/C38H36Si3/c1-39(33-21-9-3-10-22-33,34-23-11-4-12-24-34)41(37-29-17-7-18-30-37,38-31-19-8-20-32-38)40(2,35-25-13-5-14-26-35)36-27-15-6-16-28-36/h3-32H,1-2H3. The Balaban J connectivity index is 1.91. The van der Waals surface area contributed by atoms with Crippen LogP contribution in [0.1, 0.15) is 0 Å². The minimum Gasteiger partial charge on any atom is -0.0631 e. The molecule has 3 heteroatoms. The van der Waals surface area contributed by atoms with Crippen molar-refractivity contribution in [2.45, 2.75) is 13.1 Å². The lowest BCUT2D eigenvalue weighted by Gasteiger charge is -2.56. The van der Waals surface area contributed by atoms with Crippen molar-refractivity contribution in [2.24, 2.45) is 0 Å². The molecule has 0 unspecified atom stereocenters. The van der Waals surface area contributed by atoms with Crippen LogP contribution in [-0.2, 0) is 0 Å². The molecule has 0 saturated heterocycles. The summed E-state index contributed by atoms with van der Waals surface area (Å²) in [4.78, 5) is 0. The highest BCUT2D eigenvalue weighted by atomic mass is 29.6. The van der Waals surface area contributed by atoms with Crippen molar-refractivity contribution in [1.29, 1.82) is 0 Å². The average molecular weight is 577 g/mol. The lowest BCUT2D eigenvalue weighted by atomic mass is 10.4. The first-order valence-corrected chi connectivity index (χ1v) is 23.5. The second kappa shape index (κ2) is 11.5. The molecule has 0 radical (unpaired) electrons. The smallest absolute Gasteiger partial charge is 0.0631 e. The Hall–Kier alpha value is -4.03. The van der Waals surface area contributed by atoms with Crippen LogP contribution < -0.4 is 31.1 Å². The van der Waals surface area contributed by atoms with Crippen LogP contribution in [0.3, 0.4) is 0 Å². The van der Waals surface area contributed by atoms with Gasteiger partial charge in [-0.2, -0.15) is 0 Å². The largest absolute Gasteiger partial charge is 0.124 e. The summed E-state index contributed by atoms with van der Waals surface area (Å²) < 4.78 is 0. The average Bonchev–Trinajstić information content (AvgIpc) is 3.07. The Labute approximate surface area is 247 Å². The van der Waals surface area contributed by atoms with Crippen LogP contribution in [0.25, 0.3) is 0 Å². The van der Waals surface area contributed by atoms with Crippen LogP contribution in [0, 0.1) is 0 Å². The molecule has 0 nitrogen and oxygen atoms in total. The minimum atomic E-state index is -2.74. The quantitative estimate of drug-likeness (QED) is 0.219. The van der Waals surface area contributed by atoms with Crippen molar-refractivity contribution < 1.29 is 0 Å². The van der Waals surface area contributed by atoms with E-state index in [1.54, 1.807) is 0 Å². The van der Waals surface area contributed by atoms with Gasteiger partial charge in [-0.25, -0.2) is 0 Å². The molecule has 6 aromatic rings. The summed E-state index contributed by atoms with van der Waals surface area (Å²) in [5, 5.41) is 9.12. The fourth-order valence-corrected chi connectivity index (χ4v) is 51.7. The molecule has 0 aliphatic heterocycles. The zero-order valence-corrected chi connectivity index (χ0v) is 26.8. The Morgan fingerprint density at radius 3 is 0.610 bits per heavy atom. The molecule has 0 atom stereocenters. The summed E-state index contributed by atoms with van der Waals surface area (Å²) in [6.45, 7) is 5.39. The van der Waals surface area contributed by atoms with Gasteiger partial charge < -0.3 is 0 Å². The zero-order valence-electron chi connectivity index (χ0n) is 23.8. The highest BCUT2D eigenvalue weighted by molar-refractivity contribution is 7.85. The summed E-state index contributed by atoms with van der Waals surface area (Å²) >= 11 is 0. The van der Waals surface area contributed by atoms with E-state index in [1.807, 2.05) is 0 Å². The lowest BCUT2D eigenvalue weighted by molar-refractivity contribution is 1.67. The maximum absolute atomic E-state index is 2.74. The van der Waals surface area contributed by atoms with Crippen LogP contribution in [0.5, 0.6) is 0 Å².